The summed E-state index contributed by atoms with van der Waals surface area (Å²) in [4.78, 5) is 35.9. The van der Waals surface area contributed by atoms with Gasteiger partial charge in [0.05, 0.1) is 56.3 Å². The number of imidazole rings is 2. The summed E-state index contributed by atoms with van der Waals surface area (Å²) in [6.07, 6.45) is -1.03. The number of carbonyl (C=O) groups excluding carboxylic acids is 1. The summed E-state index contributed by atoms with van der Waals surface area (Å²) in [5, 5.41) is 29.8. The molecular weight excluding hydrogens is 741 g/mol. The van der Waals surface area contributed by atoms with E-state index in [1.165, 1.54) is 41.4 Å². The van der Waals surface area contributed by atoms with E-state index >= 15 is 4.39 Å². The van der Waals surface area contributed by atoms with Crippen molar-refractivity contribution in [3.8, 4) is 5.75 Å². The number of benzene rings is 1. The average molecular weight is 783 g/mol. The topological polar surface area (TPSA) is 253 Å². The predicted octanol–water partition coefficient (Wildman–Crippen LogP) is 3.18. The minimum absolute atomic E-state index is 0.145. The van der Waals surface area contributed by atoms with Crippen LogP contribution in [0.3, 0.4) is 0 Å². The van der Waals surface area contributed by atoms with E-state index in [0.717, 1.165) is 0 Å². The SMILES string of the molecule is C=C1C(CO)C(O)C(F)C1n1cnc2c(N)ncnc21.C=C1C(COP(=O)(C[C@H](C)C(C)=O)Oc2ccccc2)C(O)C(F)C1n1cnc2c(N)ncnc21. The number of alkyl halides is 2. The minimum atomic E-state index is -3.85. The summed E-state index contributed by atoms with van der Waals surface area (Å²) in [6, 6.07) is 6.59. The minimum Gasteiger partial charge on any atom is -0.424 e. The maximum absolute atomic E-state index is 15.3. The van der Waals surface area contributed by atoms with Gasteiger partial charge in [-0.05, 0) is 30.2 Å². The Morgan fingerprint density at radius 2 is 1.36 bits per heavy atom. The molecular formula is C35H41F2N10O7P. The first-order chi connectivity index (χ1) is 26.2. The molecule has 7 rings (SSSR count). The Bertz CT molecular complexity index is 2260. The summed E-state index contributed by atoms with van der Waals surface area (Å²) in [6.45, 7) is 10.1. The molecule has 0 spiro atoms. The first-order valence-corrected chi connectivity index (χ1v) is 18.9. The first kappa shape index (κ1) is 39.5. The van der Waals surface area contributed by atoms with Crippen LogP contribution in [0.4, 0.5) is 20.4 Å². The van der Waals surface area contributed by atoms with Crippen LogP contribution in [0.1, 0.15) is 25.9 Å². The van der Waals surface area contributed by atoms with Crippen LogP contribution in [0.5, 0.6) is 5.75 Å². The third-order valence-electron chi connectivity index (χ3n) is 9.99. The predicted molar refractivity (Wildman–Crippen MR) is 197 cm³/mol. The number of anilines is 2. The van der Waals surface area contributed by atoms with Crippen molar-refractivity contribution in [2.45, 2.75) is 50.5 Å². The fraction of sp³-hybridized carbons (Fsp3) is 0.400. The smallest absolute Gasteiger partial charge is 0.379 e. The van der Waals surface area contributed by atoms with Crippen molar-refractivity contribution in [2.75, 3.05) is 30.8 Å². The van der Waals surface area contributed by atoms with Gasteiger partial charge in [-0.1, -0.05) is 38.3 Å². The van der Waals surface area contributed by atoms with E-state index in [1.807, 2.05) is 0 Å². The molecule has 0 radical (unpaired) electrons. The van der Waals surface area contributed by atoms with E-state index in [9.17, 15) is 29.1 Å². The van der Waals surface area contributed by atoms with E-state index in [1.54, 1.807) is 37.3 Å². The van der Waals surface area contributed by atoms with Gasteiger partial charge in [0.1, 0.15) is 35.2 Å². The molecule has 9 unspecified atom stereocenters. The zero-order chi connectivity index (χ0) is 39.8. The Morgan fingerprint density at radius 1 is 0.873 bits per heavy atom. The molecule has 292 valence electrons. The molecule has 7 N–H and O–H groups in total. The number of halogens is 2. The Hall–Kier alpha value is -5.20. The van der Waals surface area contributed by atoms with E-state index < -0.39 is 62.0 Å². The molecule has 1 aromatic carbocycles. The molecule has 55 heavy (non-hydrogen) atoms. The Morgan fingerprint density at radius 3 is 1.84 bits per heavy atom. The molecule has 10 atom stereocenters. The molecule has 4 heterocycles. The molecule has 2 aliphatic carbocycles. The number of nitrogen functional groups attached to an aromatic ring is 2. The lowest BCUT2D eigenvalue weighted by atomic mass is 10.0. The Balaban J connectivity index is 0.000000217. The molecule has 0 bridgehead atoms. The number of para-hydroxylation sites is 1. The number of ketones is 1. The lowest BCUT2D eigenvalue weighted by Crippen LogP contribution is -2.28. The molecule has 17 nitrogen and oxygen atoms in total. The van der Waals surface area contributed by atoms with Gasteiger partial charge in [-0.25, -0.2) is 43.2 Å². The quantitative estimate of drug-likeness (QED) is 0.0953. The van der Waals surface area contributed by atoms with Crippen LogP contribution < -0.4 is 16.0 Å². The van der Waals surface area contributed by atoms with Crippen LogP contribution in [-0.2, 0) is 13.9 Å². The lowest BCUT2D eigenvalue weighted by Gasteiger charge is -2.24. The number of nitrogens with two attached hydrogens (primary N) is 2. The number of hydrogen-bond acceptors (Lipinski definition) is 15. The number of fused-ring (bicyclic) bond motifs is 2. The number of aliphatic hydroxyl groups is 3. The van der Waals surface area contributed by atoms with Crippen LogP contribution in [0.25, 0.3) is 22.3 Å². The van der Waals surface area contributed by atoms with E-state index in [0.29, 0.717) is 39.2 Å². The summed E-state index contributed by atoms with van der Waals surface area (Å²) in [5.74, 6) is -1.71. The zero-order valence-electron chi connectivity index (χ0n) is 29.8. The highest BCUT2D eigenvalue weighted by Gasteiger charge is 2.49. The Kier molecular flexibility index (Phi) is 11.4. The van der Waals surface area contributed by atoms with Gasteiger partial charge in [0.25, 0.3) is 0 Å². The largest absolute Gasteiger partial charge is 0.424 e. The molecule has 2 aliphatic rings. The van der Waals surface area contributed by atoms with Gasteiger partial charge < -0.3 is 40.4 Å². The number of aromatic nitrogens is 8. The summed E-state index contributed by atoms with van der Waals surface area (Å²) in [5.41, 5.74) is 13.6. The summed E-state index contributed by atoms with van der Waals surface area (Å²) < 4.78 is 57.6. The number of rotatable bonds is 11. The van der Waals surface area contributed by atoms with Crippen molar-refractivity contribution in [2.24, 2.45) is 17.8 Å². The third-order valence-corrected chi connectivity index (χ3v) is 12.0. The first-order valence-electron chi connectivity index (χ1n) is 17.1. The van der Waals surface area contributed by atoms with Crippen LogP contribution in [0, 0.1) is 17.8 Å². The maximum atomic E-state index is 15.3. The van der Waals surface area contributed by atoms with Crippen molar-refractivity contribution in [3.63, 3.8) is 0 Å². The molecule has 2 saturated carbocycles. The molecule has 0 saturated heterocycles. The number of Topliss-reactive ketones (excluding diaryl/α,β-unsaturated/α-hetero) is 1. The monoisotopic (exact) mass is 782 g/mol. The summed E-state index contributed by atoms with van der Waals surface area (Å²) in [7, 11) is -3.85. The third kappa shape index (κ3) is 7.57. The standard InChI is InChI=1S/C23H27FN5O5P.C12H14FN5O2/c1-13(15(3)30)10-35(32,34-16-7-5-4-6-8-16)33-9-17-14(2)20(18(24)21(17)31)29-12-28-19-22(25)26-11-27-23(19)29;1-5-6(2-19)10(20)7(13)9(5)18-4-17-8-11(14)15-3-16-12(8)18/h4-8,11-13,17-18,20-21,31H,2,9-10H2,1,3H3,(H2,25,26,27);3-4,6-7,9-10,19-20H,1-2H2,(H2,14,15,16)/t13-,17?,18?,20?,21?,35?;/m0./s1. The number of carbonyl (C=O) groups is 1. The molecule has 5 aromatic rings. The van der Waals surface area contributed by atoms with Crippen molar-refractivity contribution < 1.29 is 42.5 Å². The number of nitrogens with zero attached hydrogens (tertiary/aromatic N) is 8. The van der Waals surface area contributed by atoms with Gasteiger partial charge in [0.15, 0.2) is 35.3 Å². The van der Waals surface area contributed by atoms with Gasteiger partial charge in [0, 0.05) is 17.8 Å². The number of hydrogen-bond donors (Lipinski definition) is 5. The molecule has 4 aromatic heterocycles. The molecule has 2 fully saturated rings. The normalized spacial score (nSPS) is 26.8. The highest BCUT2D eigenvalue weighted by molar-refractivity contribution is 7.54. The van der Waals surface area contributed by atoms with Crippen molar-refractivity contribution >= 4 is 47.3 Å². The maximum Gasteiger partial charge on any atom is 0.379 e. The van der Waals surface area contributed by atoms with Gasteiger partial charge in [-0.3, -0.25) is 9.32 Å². The second-order valence-corrected chi connectivity index (χ2v) is 15.5. The van der Waals surface area contributed by atoms with Crippen LogP contribution in [-0.4, -0.2) is 104 Å². The highest BCUT2D eigenvalue weighted by atomic mass is 31.2. The highest BCUT2D eigenvalue weighted by Crippen LogP contribution is 2.52. The fourth-order valence-electron chi connectivity index (χ4n) is 6.76. The molecule has 0 amide bonds. The van der Waals surface area contributed by atoms with E-state index in [-0.39, 0.29) is 36.8 Å². The van der Waals surface area contributed by atoms with Gasteiger partial charge in [-0.15, -0.1) is 0 Å². The van der Waals surface area contributed by atoms with Gasteiger partial charge >= 0.3 is 7.60 Å². The van der Waals surface area contributed by atoms with E-state index in [2.05, 4.69) is 43.1 Å². The van der Waals surface area contributed by atoms with Crippen LogP contribution in [0.2, 0.25) is 0 Å². The lowest BCUT2D eigenvalue weighted by molar-refractivity contribution is -0.119. The van der Waals surface area contributed by atoms with Crippen LogP contribution in [0.15, 0.2) is 79.9 Å². The fourth-order valence-corrected chi connectivity index (χ4v) is 8.75. The van der Waals surface area contributed by atoms with Crippen molar-refractivity contribution in [1.29, 1.82) is 0 Å². The Labute approximate surface area is 313 Å². The van der Waals surface area contributed by atoms with Crippen molar-refractivity contribution in [3.05, 3.63) is 79.9 Å². The van der Waals surface area contributed by atoms with Crippen molar-refractivity contribution in [1.82, 2.24) is 39.0 Å². The molecule has 20 heteroatoms. The zero-order valence-corrected chi connectivity index (χ0v) is 30.7. The second-order valence-electron chi connectivity index (χ2n) is 13.5. The van der Waals surface area contributed by atoms with Gasteiger partial charge in [0.2, 0.25) is 0 Å². The molecule has 0 aliphatic heterocycles. The average Bonchev–Trinajstić information content (AvgIpc) is 3.88. The second kappa shape index (κ2) is 15.9. The number of aliphatic hydroxyl groups excluding tert-OH is 3. The van der Waals surface area contributed by atoms with Crippen LogP contribution >= 0.6 is 7.60 Å². The summed E-state index contributed by atoms with van der Waals surface area (Å²) >= 11 is 0. The van der Waals surface area contributed by atoms with E-state index in [4.69, 9.17) is 20.5 Å². The van der Waals surface area contributed by atoms with Gasteiger partial charge in [-0.2, -0.15) is 0 Å².